The van der Waals surface area contributed by atoms with Crippen molar-refractivity contribution in [1.82, 2.24) is 9.55 Å². The maximum absolute atomic E-state index is 13.1. The third kappa shape index (κ3) is 1.97. The highest BCUT2D eigenvalue weighted by atomic mass is 19.4. The second-order valence-electron chi connectivity index (χ2n) is 5.62. The van der Waals surface area contributed by atoms with Crippen molar-refractivity contribution in [2.45, 2.75) is 38.1 Å². The highest BCUT2D eigenvalue weighted by Gasteiger charge is 2.54. The summed E-state index contributed by atoms with van der Waals surface area (Å²) in [4.78, 5) is 3.88. The third-order valence-electron chi connectivity index (χ3n) is 4.03. The van der Waals surface area contributed by atoms with Crippen molar-refractivity contribution in [3.63, 3.8) is 0 Å². The van der Waals surface area contributed by atoms with Gasteiger partial charge in [-0.1, -0.05) is 24.3 Å². The molecule has 112 valence electrons. The first-order valence-corrected chi connectivity index (χ1v) is 6.68. The molecule has 0 fully saturated rings. The molecule has 0 unspecified atom stereocenters. The zero-order valence-corrected chi connectivity index (χ0v) is 11.6. The van der Waals surface area contributed by atoms with E-state index in [0.717, 1.165) is 18.1 Å². The average Bonchev–Trinajstić information content (AvgIpc) is 2.83. The van der Waals surface area contributed by atoms with E-state index >= 15 is 0 Å². The topological polar surface area (TPSA) is 38.1 Å². The molecule has 6 heteroatoms. The number of hydrogen-bond donors (Lipinski definition) is 1. The van der Waals surface area contributed by atoms with E-state index in [2.05, 4.69) is 4.98 Å². The maximum Gasteiger partial charge on any atom is 0.424 e. The minimum atomic E-state index is -4.77. The fraction of sp³-hybridized carbons (Fsp3) is 0.400. The molecule has 3 nitrogen and oxygen atoms in total. The summed E-state index contributed by atoms with van der Waals surface area (Å²) in [7, 11) is 0. The van der Waals surface area contributed by atoms with Crippen molar-refractivity contribution >= 4 is 0 Å². The van der Waals surface area contributed by atoms with Crippen LogP contribution in [0.5, 0.6) is 0 Å². The number of aromatic nitrogens is 2. The summed E-state index contributed by atoms with van der Waals surface area (Å²) in [6, 6.07) is 7.38. The molecule has 1 aromatic heterocycles. The standard InChI is InChI=1S/C15H15F3N2O/c1-9-7-10-5-3-4-6-11(10)12-8-19-13(20(9)12)14(2,21)15(16,17)18/h3-6,8-9,21H,7H2,1-2H3/t9-,14+/m1/s1. The van der Waals surface area contributed by atoms with Gasteiger partial charge >= 0.3 is 6.18 Å². The van der Waals surface area contributed by atoms with E-state index in [1.165, 1.54) is 10.8 Å². The Kier molecular flexibility index (Phi) is 2.92. The Morgan fingerprint density at radius 3 is 2.62 bits per heavy atom. The van der Waals surface area contributed by atoms with Gasteiger partial charge in [-0.05, 0) is 25.8 Å². The molecule has 0 aliphatic carbocycles. The lowest BCUT2D eigenvalue weighted by Crippen LogP contribution is -2.42. The lowest BCUT2D eigenvalue weighted by molar-refractivity contribution is -0.262. The zero-order valence-electron chi connectivity index (χ0n) is 11.6. The monoisotopic (exact) mass is 296 g/mol. The van der Waals surface area contributed by atoms with Crippen LogP contribution in [-0.4, -0.2) is 20.8 Å². The van der Waals surface area contributed by atoms with Gasteiger partial charge in [0.1, 0.15) is 0 Å². The van der Waals surface area contributed by atoms with Crippen LogP contribution in [0.2, 0.25) is 0 Å². The molecular weight excluding hydrogens is 281 g/mol. The lowest BCUT2D eigenvalue weighted by atomic mass is 9.94. The van der Waals surface area contributed by atoms with Crippen LogP contribution in [-0.2, 0) is 12.0 Å². The van der Waals surface area contributed by atoms with Crippen LogP contribution < -0.4 is 0 Å². The number of imidazole rings is 1. The van der Waals surface area contributed by atoms with Crippen LogP contribution in [0.15, 0.2) is 30.5 Å². The second-order valence-corrected chi connectivity index (χ2v) is 5.62. The molecule has 1 aromatic carbocycles. The number of halogens is 3. The van der Waals surface area contributed by atoms with Crippen molar-refractivity contribution in [2.24, 2.45) is 0 Å². The van der Waals surface area contributed by atoms with Gasteiger partial charge in [-0.25, -0.2) is 4.98 Å². The van der Waals surface area contributed by atoms with Gasteiger partial charge in [0.25, 0.3) is 0 Å². The van der Waals surface area contributed by atoms with Crippen molar-refractivity contribution in [1.29, 1.82) is 0 Å². The second kappa shape index (κ2) is 4.34. The van der Waals surface area contributed by atoms with Gasteiger partial charge in [0.15, 0.2) is 5.82 Å². The minimum Gasteiger partial charge on any atom is -0.374 e. The van der Waals surface area contributed by atoms with E-state index < -0.39 is 11.8 Å². The summed E-state index contributed by atoms with van der Waals surface area (Å²) < 4.78 is 40.8. The maximum atomic E-state index is 13.1. The Morgan fingerprint density at radius 1 is 1.29 bits per heavy atom. The van der Waals surface area contributed by atoms with Crippen LogP contribution in [0, 0.1) is 0 Å². The minimum absolute atomic E-state index is 0.193. The van der Waals surface area contributed by atoms with Crippen LogP contribution in [0.4, 0.5) is 13.2 Å². The molecule has 2 atom stereocenters. The highest BCUT2D eigenvalue weighted by molar-refractivity contribution is 5.66. The van der Waals surface area contributed by atoms with Gasteiger partial charge in [-0.2, -0.15) is 13.2 Å². The van der Waals surface area contributed by atoms with Crippen molar-refractivity contribution in [3.8, 4) is 11.3 Å². The molecule has 2 aromatic rings. The molecule has 0 spiro atoms. The van der Waals surface area contributed by atoms with E-state index in [-0.39, 0.29) is 11.9 Å². The van der Waals surface area contributed by atoms with Crippen LogP contribution >= 0.6 is 0 Å². The predicted octanol–water partition coefficient (Wildman–Crippen LogP) is 3.44. The van der Waals surface area contributed by atoms with Gasteiger partial charge < -0.3 is 9.67 Å². The molecule has 0 saturated heterocycles. The highest BCUT2D eigenvalue weighted by Crippen LogP contribution is 2.43. The Morgan fingerprint density at radius 2 is 1.95 bits per heavy atom. The summed E-state index contributed by atoms with van der Waals surface area (Å²) >= 11 is 0. The number of alkyl halides is 3. The number of aliphatic hydroxyl groups is 1. The summed E-state index contributed by atoms with van der Waals surface area (Å²) in [5.74, 6) is -0.355. The van der Waals surface area contributed by atoms with Crippen LogP contribution in [0.3, 0.4) is 0 Å². The molecular formula is C15H15F3N2O. The Balaban J connectivity index is 2.21. The Bertz CT molecular complexity index is 688. The van der Waals surface area contributed by atoms with Gasteiger partial charge in [0.05, 0.1) is 11.9 Å². The summed E-state index contributed by atoms with van der Waals surface area (Å²) in [6.45, 7) is 2.58. The third-order valence-corrected chi connectivity index (χ3v) is 4.03. The first-order valence-electron chi connectivity index (χ1n) is 6.68. The van der Waals surface area contributed by atoms with Gasteiger partial charge in [-0.3, -0.25) is 0 Å². The molecule has 0 saturated carbocycles. The van der Waals surface area contributed by atoms with E-state index in [1.54, 1.807) is 0 Å². The first-order chi connectivity index (χ1) is 9.73. The zero-order chi connectivity index (χ0) is 15.4. The molecule has 1 aliphatic heterocycles. The van der Waals surface area contributed by atoms with Crippen LogP contribution in [0.1, 0.15) is 31.3 Å². The molecule has 2 heterocycles. The molecule has 0 bridgehead atoms. The van der Waals surface area contributed by atoms with Gasteiger partial charge in [0, 0.05) is 11.6 Å². The fourth-order valence-corrected chi connectivity index (χ4v) is 2.85. The van der Waals surface area contributed by atoms with Crippen molar-refractivity contribution in [2.75, 3.05) is 0 Å². The smallest absolute Gasteiger partial charge is 0.374 e. The predicted molar refractivity (Wildman–Crippen MR) is 71.7 cm³/mol. The van der Waals surface area contributed by atoms with E-state index in [0.29, 0.717) is 12.1 Å². The van der Waals surface area contributed by atoms with E-state index in [1.807, 2.05) is 31.2 Å². The number of fused-ring (bicyclic) bond motifs is 3. The molecule has 1 N–H and O–H groups in total. The largest absolute Gasteiger partial charge is 0.424 e. The van der Waals surface area contributed by atoms with E-state index in [4.69, 9.17) is 0 Å². The Hall–Kier alpha value is -1.82. The number of nitrogens with zero attached hydrogens (tertiary/aromatic N) is 2. The number of benzene rings is 1. The lowest BCUT2D eigenvalue weighted by Gasteiger charge is -2.32. The van der Waals surface area contributed by atoms with Crippen molar-refractivity contribution in [3.05, 3.63) is 41.9 Å². The average molecular weight is 296 g/mol. The van der Waals surface area contributed by atoms with Crippen molar-refractivity contribution < 1.29 is 18.3 Å². The molecule has 1 aliphatic rings. The SMILES string of the molecule is C[C@@H]1Cc2ccccc2-c2cnc([C@](C)(O)C(F)(F)F)n21. The molecule has 0 amide bonds. The summed E-state index contributed by atoms with van der Waals surface area (Å²) in [5.41, 5.74) is -0.405. The quantitative estimate of drug-likeness (QED) is 0.875. The van der Waals surface area contributed by atoms with Crippen LogP contribution in [0.25, 0.3) is 11.3 Å². The fourth-order valence-electron chi connectivity index (χ4n) is 2.85. The summed E-state index contributed by atoms with van der Waals surface area (Å²) in [5, 5.41) is 9.92. The van der Waals surface area contributed by atoms with Gasteiger partial charge in [-0.15, -0.1) is 0 Å². The van der Waals surface area contributed by atoms with E-state index in [9.17, 15) is 18.3 Å². The first kappa shape index (κ1) is 14.1. The Labute approximate surface area is 120 Å². The number of rotatable bonds is 1. The molecule has 21 heavy (non-hydrogen) atoms. The molecule has 3 rings (SSSR count). The molecule has 0 radical (unpaired) electrons. The number of hydrogen-bond acceptors (Lipinski definition) is 2. The normalized spacial score (nSPS) is 20.6. The van der Waals surface area contributed by atoms with Gasteiger partial charge in [0.2, 0.25) is 5.60 Å². The summed E-state index contributed by atoms with van der Waals surface area (Å²) in [6.07, 6.45) is -2.75.